The van der Waals surface area contributed by atoms with Crippen molar-refractivity contribution in [3.8, 4) is 0 Å². The molecular formula is C15H16BrNOS. The lowest BCUT2D eigenvalue weighted by Crippen LogP contribution is -2.36. The quantitative estimate of drug-likeness (QED) is 0.800. The first-order valence-corrected chi connectivity index (χ1v) is 7.84. The third-order valence-electron chi connectivity index (χ3n) is 2.89. The number of nitrogens with zero attached hydrogens (tertiary/aromatic N) is 1. The number of carbonyl (C=O) groups is 1. The van der Waals surface area contributed by atoms with Crippen molar-refractivity contribution in [1.82, 2.24) is 4.90 Å². The third-order valence-corrected chi connectivity index (χ3v) is 4.40. The number of hydrogen-bond acceptors (Lipinski definition) is 2. The van der Waals surface area contributed by atoms with E-state index in [-0.39, 0.29) is 11.9 Å². The summed E-state index contributed by atoms with van der Waals surface area (Å²) in [6.07, 6.45) is 0. The van der Waals surface area contributed by atoms with Gasteiger partial charge in [-0.2, -0.15) is 0 Å². The molecule has 19 heavy (non-hydrogen) atoms. The van der Waals surface area contributed by atoms with Gasteiger partial charge in [-0.3, -0.25) is 4.79 Å². The van der Waals surface area contributed by atoms with Crippen LogP contribution in [0.5, 0.6) is 0 Å². The molecule has 100 valence electrons. The fourth-order valence-electron chi connectivity index (χ4n) is 1.86. The molecule has 1 amide bonds. The predicted molar refractivity (Wildman–Crippen MR) is 83.5 cm³/mol. The van der Waals surface area contributed by atoms with Gasteiger partial charge in [-0.25, -0.2) is 0 Å². The fourth-order valence-corrected chi connectivity index (χ4v) is 2.99. The number of carbonyl (C=O) groups excluding carboxylic acids is 1. The standard InChI is InChI=1S/C15H16BrNOS/c1-11(2)17(9-12-6-4-3-5-7-12)15(18)13-8-14(16)19-10-13/h3-8,10-11H,9H2,1-2H3. The second kappa shape index (κ2) is 6.35. The molecule has 0 fully saturated rings. The van der Waals surface area contributed by atoms with E-state index in [0.717, 1.165) is 14.9 Å². The van der Waals surface area contributed by atoms with Gasteiger partial charge in [0.2, 0.25) is 0 Å². The first-order chi connectivity index (χ1) is 9.08. The number of amides is 1. The number of halogens is 1. The molecule has 2 rings (SSSR count). The van der Waals surface area contributed by atoms with E-state index < -0.39 is 0 Å². The minimum absolute atomic E-state index is 0.0841. The van der Waals surface area contributed by atoms with Crippen LogP contribution >= 0.6 is 27.3 Å². The zero-order valence-corrected chi connectivity index (χ0v) is 13.4. The zero-order chi connectivity index (χ0) is 13.8. The summed E-state index contributed by atoms with van der Waals surface area (Å²) < 4.78 is 0.985. The minimum atomic E-state index is 0.0841. The first-order valence-electron chi connectivity index (χ1n) is 6.17. The smallest absolute Gasteiger partial charge is 0.255 e. The first kappa shape index (κ1) is 14.3. The van der Waals surface area contributed by atoms with E-state index in [9.17, 15) is 4.79 Å². The molecular weight excluding hydrogens is 322 g/mol. The molecule has 0 unspecified atom stereocenters. The Morgan fingerprint density at radius 3 is 2.53 bits per heavy atom. The van der Waals surface area contributed by atoms with Gasteiger partial charge in [-0.15, -0.1) is 11.3 Å². The predicted octanol–water partition coefficient (Wildman–Crippen LogP) is 4.56. The van der Waals surface area contributed by atoms with Crippen LogP contribution in [0, 0.1) is 0 Å². The van der Waals surface area contributed by atoms with E-state index in [1.54, 1.807) is 0 Å². The summed E-state index contributed by atoms with van der Waals surface area (Å²) in [6.45, 7) is 4.73. The lowest BCUT2D eigenvalue weighted by molar-refractivity contribution is 0.0691. The Bertz CT molecular complexity index is 550. The van der Waals surface area contributed by atoms with Gasteiger partial charge in [0, 0.05) is 18.0 Å². The van der Waals surface area contributed by atoms with E-state index in [1.165, 1.54) is 11.3 Å². The van der Waals surface area contributed by atoms with Crippen molar-refractivity contribution in [2.24, 2.45) is 0 Å². The molecule has 2 aromatic rings. The van der Waals surface area contributed by atoms with E-state index >= 15 is 0 Å². The summed E-state index contributed by atoms with van der Waals surface area (Å²) in [5.74, 6) is 0.0841. The molecule has 0 saturated carbocycles. The van der Waals surface area contributed by atoms with Crippen molar-refractivity contribution in [3.05, 3.63) is 56.7 Å². The lowest BCUT2D eigenvalue weighted by atomic mass is 10.1. The van der Waals surface area contributed by atoms with Crippen molar-refractivity contribution in [3.63, 3.8) is 0 Å². The molecule has 0 spiro atoms. The van der Waals surface area contributed by atoms with Crippen LogP contribution in [0.25, 0.3) is 0 Å². The Kier molecular flexibility index (Phi) is 4.77. The molecule has 0 radical (unpaired) electrons. The van der Waals surface area contributed by atoms with Crippen LogP contribution in [0.2, 0.25) is 0 Å². The highest BCUT2D eigenvalue weighted by molar-refractivity contribution is 9.11. The van der Waals surface area contributed by atoms with Crippen molar-refractivity contribution in [1.29, 1.82) is 0 Å². The van der Waals surface area contributed by atoms with Crippen LogP contribution in [0.15, 0.2) is 45.6 Å². The van der Waals surface area contributed by atoms with Crippen molar-refractivity contribution < 1.29 is 4.79 Å². The van der Waals surface area contributed by atoms with Crippen LogP contribution in [-0.4, -0.2) is 16.8 Å². The summed E-state index contributed by atoms with van der Waals surface area (Å²) in [7, 11) is 0. The van der Waals surface area contributed by atoms with Crippen LogP contribution in [0.3, 0.4) is 0 Å². The Morgan fingerprint density at radius 2 is 2.00 bits per heavy atom. The maximum Gasteiger partial charge on any atom is 0.255 e. The maximum absolute atomic E-state index is 12.5. The van der Waals surface area contributed by atoms with Crippen LogP contribution in [0.4, 0.5) is 0 Å². The number of thiophene rings is 1. The molecule has 0 atom stereocenters. The summed E-state index contributed by atoms with van der Waals surface area (Å²) in [4.78, 5) is 14.4. The Hall–Kier alpha value is -1.13. The third kappa shape index (κ3) is 3.67. The van der Waals surface area contributed by atoms with Gasteiger partial charge in [-0.1, -0.05) is 30.3 Å². The summed E-state index contributed by atoms with van der Waals surface area (Å²) >= 11 is 4.94. The molecule has 1 aromatic heterocycles. The zero-order valence-electron chi connectivity index (χ0n) is 11.0. The summed E-state index contributed by atoms with van der Waals surface area (Å²) in [5, 5.41) is 1.90. The fraction of sp³-hybridized carbons (Fsp3) is 0.267. The molecule has 0 bridgehead atoms. The monoisotopic (exact) mass is 337 g/mol. The molecule has 0 aliphatic heterocycles. The van der Waals surface area contributed by atoms with Gasteiger partial charge in [0.1, 0.15) is 0 Å². The van der Waals surface area contributed by atoms with Crippen LogP contribution < -0.4 is 0 Å². The van der Waals surface area contributed by atoms with E-state index in [0.29, 0.717) is 6.54 Å². The highest BCUT2D eigenvalue weighted by atomic mass is 79.9. The topological polar surface area (TPSA) is 20.3 Å². The van der Waals surface area contributed by atoms with Crippen LogP contribution in [-0.2, 0) is 6.54 Å². The van der Waals surface area contributed by atoms with Crippen molar-refractivity contribution in [2.75, 3.05) is 0 Å². The molecule has 0 N–H and O–H groups in total. The number of rotatable bonds is 4. The van der Waals surface area contributed by atoms with Gasteiger partial charge in [0.25, 0.3) is 5.91 Å². The van der Waals surface area contributed by atoms with Gasteiger partial charge in [0.05, 0.1) is 9.35 Å². The lowest BCUT2D eigenvalue weighted by Gasteiger charge is -2.26. The van der Waals surface area contributed by atoms with Crippen LogP contribution in [0.1, 0.15) is 29.8 Å². The van der Waals surface area contributed by atoms with Crippen molar-refractivity contribution in [2.45, 2.75) is 26.4 Å². The second-order valence-corrected chi connectivity index (χ2v) is 6.94. The number of benzene rings is 1. The minimum Gasteiger partial charge on any atom is -0.332 e. The Morgan fingerprint density at radius 1 is 1.32 bits per heavy atom. The molecule has 0 saturated heterocycles. The molecule has 1 heterocycles. The molecule has 1 aromatic carbocycles. The number of hydrogen-bond donors (Lipinski definition) is 0. The van der Waals surface area contributed by atoms with Gasteiger partial charge in [0.15, 0.2) is 0 Å². The Labute approximate surface area is 126 Å². The molecule has 0 aliphatic rings. The summed E-state index contributed by atoms with van der Waals surface area (Å²) in [6, 6.07) is 12.1. The normalized spacial score (nSPS) is 10.7. The van der Waals surface area contributed by atoms with Gasteiger partial charge in [-0.05, 0) is 41.4 Å². The molecule has 0 aliphatic carbocycles. The molecule has 4 heteroatoms. The van der Waals surface area contributed by atoms with Gasteiger partial charge >= 0.3 is 0 Å². The summed E-state index contributed by atoms with van der Waals surface area (Å²) in [5.41, 5.74) is 1.90. The maximum atomic E-state index is 12.5. The van der Waals surface area contributed by atoms with E-state index in [4.69, 9.17) is 0 Å². The highest BCUT2D eigenvalue weighted by Gasteiger charge is 2.19. The highest BCUT2D eigenvalue weighted by Crippen LogP contribution is 2.23. The van der Waals surface area contributed by atoms with E-state index in [2.05, 4.69) is 15.9 Å². The average Bonchev–Trinajstić information content (AvgIpc) is 2.83. The average molecular weight is 338 g/mol. The SMILES string of the molecule is CC(C)N(Cc1ccccc1)C(=O)c1csc(Br)c1. The van der Waals surface area contributed by atoms with Gasteiger partial charge < -0.3 is 4.90 Å². The van der Waals surface area contributed by atoms with Crippen molar-refractivity contribution >= 4 is 33.2 Å². The largest absolute Gasteiger partial charge is 0.332 e. The second-order valence-electron chi connectivity index (χ2n) is 4.65. The Balaban J connectivity index is 2.19. The molecule has 2 nitrogen and oxygen atoms in total. The van der Waals surface area contributed by atoms with E-state index in [1.807, 2.05) is 60.5 Å².